The molecule has 0 aromatic heterocycles. The lowest BCUT2D eigenvalue weighted by atomic mass is 12.0. The van der Waals surface area contributed by atoms with E-state index < -0.39 is 0 Å². The van der Waals surface area contributed by atoms with Crippen molar-refractivity contribution >= 4 is 14.3 Å². The molecule has 0 rings (SSSR count). The van der Waals surface area contributed by atoms with Gasteiger partial charge in [0.1, 0.15) is 0 Å². The predicted molar refractivity (Wildman–Crippen MR) is 20.9 cm³/mol. The van der Waals surface area contributed by atoms with Crippen LogP contribution in [0.1, 0.15) is 0 Å². The summed E-state index contributed by atoms with van der Waals surface area (Å²) in [7, 11) is 0.0710. The molecule has 0 aliphatic rings. The lowest BCUT2D eigenvalue weighted by molar-refractivity contribution is 1.73. The fourth-order valence-electron chi connectivity index (χ4n) is 0. The van der Waals surface area contributed by atoms with Crippen LogP contribution in [0.25, 0.3) is 5.53 Å². The zero-order valence-corrected chi connectivity index (χ0v) is 3.10. The van der Waals surface area contributed by atoms with Gasteiger partial charge in [-0.1, -0.05) is 0 Å². The van der Waals surface area contributed by atoms with E-state index in [1.165, 1.54) is 0 Å². The average Bonchev–Trinajstić information content (AvgIpc) is 1.37. The molecule has 0 saturated heterocycles. The quantitative estimate of drug-likeness (QED) is 0.226. The predicted octanol–water partition coefficient (Wildman–Crippen LogP) is 0.369. The molecular weight excluding hydrogens is 71.0 g/mol. The van der Waals surface area contributed by atoms with Crippen molar-refractivity contribution < 1.29 is 0 Å². The van der Waals surface area contributed by atoms with Crippen LogP contribution in [0.15, 0.2) is 0 Å². The molecule has 0 radical (unpaired) electrons. The van der Waals surface area contributed by atoms with Crippen LogP contribution in [0.4, 0.5) is 0 Å². The van der Waals surface area contributed by atoms with Crippen LogP contribution in [-0.2, 0) is 0 Å². The van der Waals surface area contributed by atoms with Gasteiger partial charge in [0.25, 0.3) is 0 Å². The van der Waals surface area contributed by atoms with Gasteiger partial charge in [0.05, 0.1) is 0 Å². The smallest absolute Gasteiger partial charge is 0.229 e. The Balaban J connectivity index is 3.95. The SMILES string of the molecule is C=[PH]=[N+]=[N-]. The van der Waals surface area contributed by atoms with Gasteiger partial charge in [-0.3, -0.25) is 0 Å². The van der Waals surface area contributed by atoms with E-state index in [0.717, 1.165) is 0 Å². The van der Waals surface area contributed by atoms with E-state index in [4.69, 9.17) is 5.53 Å². The average molecular weight is 74.0 g/mol. The topological polar surface area (TPSA) is 36.4 Å². The van der Waals surface area contributed by atoms with Crippen molar-refractivity contribution in [3.8, 4) is 0 Å². The third kappa shape index (κ3) is 1.68. The van der Waals surface area contributed by atoms with E-state index in [9.17, 15) is 0 Å². The van der Waals surface area contributed by atoms with Gasteiger partial charge in [0.2, 0.25) is 8.00 Å². The molecule has 0 aliphatic heterocycles. The minimum Gasteiger partial charge on any atom is -0.361 e. The van der Waals surface area contributed by atoms with Crippen LogP contribution in [0, 0.1) is 0 Å². The van der Waals surface area contributed by atoms with Gasteiger partial charge in [-0.05, 0) is 6.30 Å². The van der Waals surface area contributed by atoms with Gasteiger partial charge >= 0.3 is 0 Å². The first-order chi connectivity index (χ1) is 1.91. The maximum Gasteiger partial charge on any atom is 0.229 e. The van der Waals surface area contributed by atoms with E-state index >= 15 is 0 Å². The minimum absolute atomic E-state index is 0.0710. The van der Waals surface area contributed by atoms with Crippen molar-refractivity contribution in [2.24, 2.45) is 0 Å². The summed E-state index contributed by atoms with van der Waals surface area (Å²) < 4.78 is 2.65. The van der Waals surface area contributed by atoms with Gasteiger partial charge in [0.15, 0.2) is 0 Å². The zero-order valence-electron chi connectivity index (χ0n) is 2.10. The van der Waals surface area contributed by atoms with Crippen molar-refractivity contribution in [3.63, 3.8) is 0 Å². The van der Waals surface area contributed by atoms with Gasteiger partial charge in [-0.25, -0.2) is 0 Å². The summed E-state index contributed by atoms with van der Waals surface area (Å²) in [5, 5.41) is 0. The summed E-state index contributed by atoms with van der Waals surface area (Å²) in [6.45, 7) is 0. The molecule has 0 heterocycles. The molecule has 1 unspecified atom stereocenters. The highest BCUT2D eigenvalue weighted by Gasteiger charge is 1.16. The summed E-state index contributed by atoms with van der Waals surface area (Å²) in [6, 6.07) is 0. The Bertz CT molecular complexity index is 56.1. The first-order valence-corrected chi connectivity index (χ1v) is 1.93. The van der Waals surface area contributed by atoms with Crippen LogP contribution < -0.4 is 4.54 Å². The van der Waals surface area contributed by atoms with Crippen molar-refractivity contribution in [3.05, 3.63) is 5.53 Å². The van der Waals surface area contributed by atoms with Crippen LogP contribution in [0.5, 0.6) is 0 Å². The van der Waals surface area contributed by atoms with E-state index in [0.29, 0.717) is 0 Å². The molecule has 3 heteroatoms. The molecule has 2 nitrogen and oxygen atoms in total. The molecule has 1 atom stereocenters. The van der Waals surface area contributed by atoms with E-state index in [1.807, 2.05) is 0 Å². The highest BCUT2D eigenvalue weighted by atomic mass is 31.0. The molecule has 0 saturated carbocycles. The summed E-state index contributed by atoms with van der Waals surface area (Å²) in [5.41, 5.74) is 7.45. The van der Waals surface area contributed by atoms with Crippen molar-refractivity contribution in [1.29, 1.82) is 0 Å². The molecular formula is CH3N2P. The Morgan fingerprint density at radius 3 is 2.25 bits per heavy atom. The van der Waals surface area contributed by atoms with Crippen molar-refractivity contribution in [2.45, 2.75) is 0 Å². The Hall–Kier alpha value is -0.320. The second kappa shape index (κ2) is 2.68. The minimum atomic E-state index is 0.0710. The highest BCUT2D eigenvalue weighted by Crippen LogP contribution is 1.47. The molecule has 0 fully saturated rings. The fourth-order valence-corrected chi connectivity index (χ4v) is 0. The normalized spacial score (nSPS) is 6.00. The standard InChI is InChI=1S/CH3N2P/c1-4-3-2/h4H,1H2. The number of nitrogens with zero attached hydrogens (tertiary/aromatic N) is 2. The van der Waals surface area contributed by atoms with E-state index in [1.54, 1.807) is 0 Å². The lowest BCUT2D eigenvalue weighted by Gasteiger charge is -1.23. The number of hydrogen-bond donors (Lipinski definition) is 0. The maximum absolute atomic E-state index is 7.45. The Morgan fingerprint density at radius 1 is 2.00 bits per heavy atom. The van der Waals surface area contributed by atoms with Crippen LogP contribution in [0.2, 0.25) is 0 Å². The van der Waals surface area contributed by atoms with Gasteiger partial charge in [-0.15, -0.1) is 0 Å². The van der Waals surface area contributed by atoms with E-state index in [2.05, 4.69) is 10.8 Å². The number of rotatable bonds is 0. The molecule has 0 aliphatic carbocycles. The first-order valence-electron chi connectivity index (χ1n) is 0.777. The number of hydrogen-bond acceptors (Lipinski definition) is 0. The molecule has 0 spiro atoms. The summed E-state index contributed by atoms with van der Waals surface area (Å²) >= 11 is 0. The Kier molecular flexibility index (Phi) is 2.47. The van der Waals surface area contributed by atoms with Crippen molar-refractivity contribution in [1.82, 2.24) is 4.54 Å². The molecule has 4 heavy (non-hydrogen) atoms. The lowest BCUT2D eigenvalue weighted by Crippen LogP contribution is -1.17. The molecule has 22 valence electrons. The highest BCUT2D eigenvalue weighted by molar-refractivity contribution is 7.24. The molecule has 0 aromatic carbocycles. The Morgan fingerprint density at radius 2 is 2.25 bits per heavy atom. The molecule has 0 N–H and O–H groups in total. The van der Waals surface area contributed by atoms with Crippen LogP contribution >= 0.6 is 8.00 Å². The van der Waals surface area contributed by atoms with Crippen molar-refractivity contribution in [2.75, 3.05) is 0 Å². The third-order valence-electron chi connectivity index (χ3n) is 0.0707. The van der Waals surface area contributed by atoms with Crippen LogP contribution in [0.3, 0.4) is 0 Å². The second-order valence-electron chi connectivity index (χ2n) is 0.258. The Labute approximate surface area is 25.5 Å². The molecule has 0 amide bonds. The van der Waals surface area contributed by atoms with Crippen LogP contribution in [-0.4, -0.2) is 6.30 Å². The summed E-state index contributed by atoms with van der Waals surface area (Å²) in [4.78, 5) is 0. The maximum atomic E-state index is 7.45. The zero-order chi connectivity index (χ0) is 3.41. The second-order valence-corrected chi connectivity index (χ2v) is 0.774. The van der Waals surface area contributed by atoms with E-state index in [-0.39, 0.29) is 8.00 Å². The largest absolute Gasteiger partial charge is 0.361 e. The monoisotopic (exact) mass is 74.0 g/mol. The molecule has 0 bridgehead atoms. The van der Waals surface area contributed by atoms with Gasteiger partial charge in [0, 0.05) is 0 Å². The van der Waals surface area contributed by atoms with Gasteiger partial charge < -0.3 is 5.53 Å². The van der Waals surface area contributed by atoms with Gasteiger partial charge in [-0.2, -0.15) is 4.54 Å². The summed E-state index contributed by atoms with van der Waals surface area (Å²) in [5.74, 6) is 0. The first kappa shape index (κ1) is 3.68. The summed E-state index contributed by atoms with van der Waals surface area (Å²) in [6.07, 6.45) is 3.22. The molecule has 0 aromatic rings. The fraction of sp³-hybridized carbons (Fsp3) is 0. The third-order valence-corrected chi connectivity index (χ3v) is 0.212.